The number of halogens is 1. The summed E-state index contributed by atoms with van der Waals surface area (Å²) in [5, 5.41) is 4.14. The summed E-state index contributed by atoms with van der Waals surface area (Å²) in [6, 6.07) is 19.8. The largest absolute Gasteiger partial charge is 0.363 e. The van der Waals surface area contributed by atoms with Crippen molar-refractivity contribution in [3.8, 4) is 0 Å². The zero-order valence-electron chi connectivity index (χ0n) is 18.0. The third kappa shape index (κ3) is 7.26. The summed E-state index contributed by atoms with van der Waals surface area (Å²) in [6.45, 7) is 2.04. The Kier molecular flexibility index (Phi) is 8.32. The van der Waals surface area contributed by atoms with Crippen LogP contribution in [0.15, 0.2) is 65.8 Å². The molecule has 5 nitrogen and oxygen atoms in total. The average molecular weight is 455 g/mol. The van der Waals surface area contributed by atoms with Crippen LogP contribution in [-0.2, 0) is 12.2 Å². The Morgan fingerprint density at radius 1 is 1.06 bits per heavy atom. The molecule has 1 atom stereocenters. The van der Waals surface area contributed by atoms with Gasteiger partial charge in [0.1, 0.15) is 11.0 Å². The predicted molar refractivity (Wildman–Crippen MR) is 129 cm³/mol. The molecular formula is C24H27ClN4OS. The molecule has 0 aliphatic rings. The maximum Gasteiger partial charge on any atom is 0.251 e. The number of aryl methyl sites for hydroxylation is 1. The third-order valence-corrected chi connectivity index (χ3v) is 5.90. The number of nitrogens with one attached hydrogen (secondary N) is 1. The fourth-order valence-corrected chi connectivity index (χ4v) is 4.02. The first kappa shape index (κ1) is 23.1. The fraction of sp³-hybridized carbons (Fsp3) is 0.292. The van der Waals surface area contributed by atoms with Gasteiger partial charge >= 0.3 is 0 Å². The van der Waals surface area contributed by atoms with Gasteiger partial charge in [0.05, 0.1) is 0 Å². The van der Waals surface area contributed by atoms with Gasteiger partial charge in [-0.05, 0) is 43.0 Å². The molecule has 1 aromatic heterocycles. The summed E-state index contributed by atoms with van der Waals surface area (Å²) >= 11 is 7.61. The van der Waals surface area contributed by atoms with Crippen molar-refractivity contribution in [3.05, 3.63) is 82.5 Å². The van der Waals surface area contributed by atoms with Crippen molar-refractivity contribution in [1.82, 2.24) is 15.3 Å². The van der Waals surface area contributed by atoms with E-state index in [0.717, 1.165) is 24.2 Å². The second-order valence-electron chi connectivity index (χ2n) is 7.61. The van der Waals surface area contributed by atoms with Crippen LogP contribution in [0.2, 0.25) is 5.15 Å². The van der Waals surface area contributed by atoms with Crippen molar-refractivity contribution >= 4 is 35.1 Å². The van der Waals surface area contributed by atoms with Crippen molar-refractivity contribution in [1.29, 1.82) is 0 Å². The van der Waals surface area contributed by atoms with E-state index < -0.39 is 0 Å². The number of nitrogens with zero attached hydrogens (tertiary/aromatic N) is 3. The molecule has 162 valence electrons. The summed E-state index contributed by atoms with van der Waals surface area (Å²) < 4.78 is 0. The van der Waals surface area contributed by atoms with Crippen LogP contribution in [-0.4, -0.2) is 36.0 Å². The number of amides is 1. The number of anilines is 1. The van der Waals surface area contributed by atoms with Crippen LogP contribution in [0.25, 0.3) is 0 Å². The highest BCUT2D eigenvalue weighted by molar-refractivity contribution is 7.98. The Morgan fingerprint density at radius 3 is 2.45 bits per heavy atom. The van der Waals surface area contributed by atoms with Gasteiger partial charge in [-0.3, -0.25) is 4.79 Å². The van der Waals surface area contributed by atoms with Gasteiger partial charge in [-0.2, -0.15) is 0 Å². The van der Waals surface area contributed by atoms with Crippen LogP contribution in [0, 0.1) is 0 Å². The van der Waals surface area contributed by atoms with Gasteiger partial charge in [-0.25, -0.2) is 9.97 Å². The Bertz CT molecular complexity index is 996. The molecule has 2 aromatic carbocycles. The highest BCUT2D eigenvalue weighted by atomic mass is 35.5. The Morgan fingerprint density at radius 2 is 1.77 bits per heavy atom. The maximum atomic E-state index is 12.5. The minimum absolute atomic E-state index is 0.0476. The summed E-state index contributed by atoms with van der Waals surface area (Å²) in [4.78, 5) is 23.2. The molecule has 1 N–H and O–H groups in total. The van der Waals surface area contributed by atoms with Crippen LogP contribution >= 0.6 is 23.4 Å². The molecule has 0 saturated heterocycles. The molecule has 0 radical (unpaired) electrons. The van der Waals surface area contributed by atoms with Crippen molar-refractivity contribution in [2.75, 3.05) is 19.0 Å². The smallest absolute Gasteiger partial charge is 0.251 e. The lowest BCUT2D eigenvalue weighted by molar-refractivity contribution is 0.0938. The lowest BCUT2D eigenvalue weighted by Crippen LogP contribution is -2.32. The highest BCUT2D eigenvalue weighted by Crippen LogP contribution is 2.24. The van der Waals surface area contributed by atoms with E-state index in [1.165, 1.54) is 17.3 Å². The number of carbonyl (C=O) groups excluding carboxylic acids is 1. The standard InChI is InChI=1S/C24H27ClN4OS/c1-17(9-10-18-7-5-4-6-8-18)26-23(30)20-13-11-19(12-14-20)16-31-24-27-21(25)15-22(28-24)29(2)3/h4-8,11-15,17H,9-10,16H2,1-3H3,(H,26,30). The summed E-state index contributed by atoms with van der Waals surface area (Å²) in [5.41, 5.74) is 3.04. The predicted octanol–water partition coefficient (Wildman–Crippen LogP) is 5.24. The quantitative estimate of drug-likeness (QED) is 0.272. The van der Waals surface area contributed by atoms with Crippen LogP contribution < -0.4 is 10.2 Å². The monoisotopic (exact) mass is 454 g/mol. The molecule has 0 spiro atoms. The van der Waals surface area contributed by atoms with Crippen molar-refractivity contribution in [3.63, 3.8) is 0 Å². The van der Waals surface area contributed by atoms with Crippen LogP contribution in [0.3, 0.4) is 0 Å². The van der Waals surface area contributed by atoms with Gasteiger partial charge in [0.25, 0.3) is 5.91 Å². The first-order valence-corrected chi connectivity index (χ1v) is 11.6. The highest BCUT2D eigenvalue weighted by Gasteiger charge is 2.11. The summed E-state index contributed by atoms with van der Waals surface area (Å²) in [5.74, 6) is 1.42. The first-order valence-electron chi connectivity index (χ1n) is 10.2. The van der Waals surface area contributed by atoms with Crippen LogP contribution in [0.5, 0.6) is 0 Å². The van der Waals surface area contributed by atoms with Crippen molar-refractivity contribution in [2.24, 2.45) is 0 Å². The van der Waals surface area contributed by atoms with Crippen molar-refractivity contribution < 1.29 is 4.79 Å². The molecule has 1 heterocycles. The van der Waals surface area contributed by atoms with Gasteiger partial charge < -0.3 is 10.2 Å². The molecule has 0 aliphatic carbocycles. The second kappa shape index (κ2) is 11.2. The molecular weight excluding hydrogens is 428 g/mol. The molecule has 1 amide bonds. The fourth-order valence-electron chi connectivity index (χ4n) is 2.99. The molecule has 0 fully saturated rings. The molecule has 0 aliphatic heterocycles. The van der Waals surface area contributed by atoms with Gasteiger partial charge in [0.15, 0.2) is 5.16 Å². The van der Waals surface area contributed by atoms with Crippen LogP contribution in [0.4, 0.5) is 5.82 Å². The van der Waals surface area contributed by atoms with Gasteiger partial charge in [0, 0.05) is 37.5 Å². The van der Waals surface area contributed by atoms with E-state index in [1.807, 2.05) is 68.4 Å². The van der Waals surface area contributed by atoms with Gasteiger partial charge in [0.2, 0.25) is 0 Å². The van der Waals surface area contributed by atoms with E-state index in [-0.39, 0.29) is 11.9 Å². The number of aromatic nitrogens is 2. The molecule has 1 unspecified atom stereocenters. The Hall–Kier alpha value is -2.57. The number of hydrogen-bond donors (Lipinski definition) is 1. The minimum atomic E-state index is -0.0476. The first-order chi connectivity index (χ1) is 14.9. The molecule has 0 saturated carbocycles. The lowest BCUT2D eigenvalue weighted by atomic mass is 10.1. The number of carbonyl (C=O) groups is 1. The van der Waals surface area contributed by atoms with Gasteiger partial charge in [-0.15, -0.1) is 0 Å². The van der Waals surface area contributed by atoms with Crippen LogP contribution in [0.1, 0.15) is 34.8 Å². The van der Waals surface area contributed by atoms with E-state index >= 15 is 0 Å². The third-order valence-electron chi connectivity index (χ3n) is 4.79. The van der Waals surface area contributed by atoms with E-state index in [0.29, 0.717) is 21.6 Å². The van der Waals surface area contributed by atoms with E-state index in [2.05, 4.69) is 27.4 Å². The molecule has 31 heavy (non-hydrogen) atoms. The lowest BCUT2D eigenvalue weighted by Gasteiger charge is -2.14. The van der Waals surface area contributed by atoms with Crippen molar-refractivity contribution in [2.45, 2.75) is 36.7 Å². The number of benzene rings is 2. The average Bonchev–Trinajstić information content (AvgIpc) is 2.77. The Balaban J connectivity index is 1.50. The summed E-state index contributed by atoms with van der Waals surface area (Å²) in [6.07, 6.45) is 1.85. The van der Waals surface area contributed by atoms with E-state index in [9.17, 15) is 4.79 Å². The summed E-state index contributed by atoms with van der Waals surface area (Å²) in [7, 11) is 3.83. The maximum absolute atomic E-state index is 12.5. The topological polar surface area (TPSA) is 58.1 Å². The molecule has 3 rings (SSSR count). The number of thioether (sulfide) groups is 1. The van der Waals surface area contributed by atoms with Gasteiger partial charge in [-0.1, -0.05) is 65.8 Å². The number of hydrogen-bond acceptors (Lipinski definition) is 5. The van der Waals surface area contributed by atoms with E-state index in [4.69, 9.17) is 11.6 Å². The molecule has 3 aromatic rings. The zero-order valence-corrected chi connectivity index (χ0v) is 19.6. The molecule has 7 heteroatoms. The minimum Gasteiger partial charge on any atom is -0.363 e. The number of rotatable bonds is 9. The molecule has 0 bridgehead atoms. The normalized spacial score (nSPS) is 11.7. The second-order valence-corrected chi connectivity index (χ2v) is 8.94. The van der Waals surface area contributed by atoms with E-state index in [1.54, 1.807) is 6.07 Å². The zero-order chi connectivity index (χ0) is 22.2. The SMILES string of the molecule is CC(CCc1ccccc1)NC(=O)c1ccc(CSc2nc(Cl)cc(N(C)C)n2)cc1. The Labute approximate surface area is 193 Å².